The second kappa shape index (κ2) is 6.02. The molecule has 0 spiro atoms. The summed E-state index contributed by atoms with van der Waals surface area (Å²) in [7, 11) is 0. The molecule has 3 amide bonds. The lowest BCUT2D eigenvalue weighted by molar-refractivity contribution is -0.117. The molecule has 0 aliphatic carbocycles. The molecule has 1 heterocycles. The monoisotopic (exact) mass is 348 g/mol. The zero-order valence-electron chi connectivity index (χ0n) is 11.7. The summed E-state index contributed by atoms with van der Waals surface area (Å²) >= 11 is 11.8. The Hall–Kier alpha value is -2.37. The van der Waals surface area contributed by atoms with Crippen LogP contribution in [0.2, 0.25) is 10.0 Å². The number of halogens is 2. The van der Waals surface area contributed by atoms with E-state index in [4.69, 9.17) is 23.2 Å². The van der Waals surface area contributed by atoms with Gasteiger partial charge in [-0.2, -0.15) is 0 Å². The highest BCUT2D eigenvalue weighted by Gasteiger charge is 2.27. The van der Waals surface area contributed by atoms with Gasteiger partial charge in [0.2, 0.25) is 5.91 Å². The Morgan fingerprint density at radius 2 is 1.61 bits per heavy atom. The van der Waals surface area contributed by atoms with Gasteiger partial charge in [-0.15, -0.1) is 0 Å². The average Bonchev–Trinajstić information content (AvgIpc) is 2.88. The van der Waals surface area contributed by atoms with Crippen LogP contribution in [-0.2, 0) is 4.79 Å². The fourth-order valence-electron chi connectivity index (χ4n) is 2.25. The molecule has 1 saturated heterocycles. The number of ketones is 1. The molecule has 0 aromatic heterocycles. The highest BCUT2D eigenvalue weighted by molar-refractivity contribution is 6.42. The minimum atomic E-state index is -0.474. The normalized spacial score (nSPS) is 14.1. The standard InChI is InChI=1S/C16H10Cl2N2O3/c17-12-6-3-10(7-13(12)18)15(22)9-1-4-11(5-2-9)20-8-14(21)19-16(20)23/h1-7H,8H2,(H,19,21,23). The first kappa shape index (κ1) is 15.5. The molecule has 0 atom stereocenters. The van der Waals surface area contributed by atoms with Crippen molar-refractivity contribution in [1.82, 2.24) is 5.32 Å². The zero-order valence-corrected chi connectivity index (χ0v) is 13.2. The molecular formula is C16H10Cl2N2O3. The quantitative estimate of drug-likeness (QED) is 0.683. The van der Waals surface area contributed by atoms with Gasteiger partial charge in [0, 0.05) is 16.8 Å². The number of imide groups is 1. The van der Waals surface area contributed by atoms with Crippen LogP contribution in [0.5, 0.6) is 0 Å². The predicted octanol–water partition coefficient (Wildman–Crippen LogP) is 3.28. The van der Waals surface area contributed by atoms with E-state index >= 15 is 0 Å². The second-order valence-electron chi connectivity index (χ2n) is 4.94. The fourth-order valence-corrected chi connectivity index (χ4v) is 2.55. The molecule has 23 heavy (non-hydrogen) atoms. The van der Waals surface area contributed by atoms with Gasteiger partial charge >= 0.3 is 6.03 Å². The Balaban J connectivity index is 1.84. The summed E-state index contributed by atoms with van der Waals surface area (Å²) in [5.74, 6) is -0.567. The van der Waals surface area contributed by atoms with E-state index in [1.165, 1.54) is 11.0 Å². The maximum absolute atomic E-state index is 12.4. The number of nitrogens with one attached hydrogen (secondary N) is 1. The van der Waals surface area contributed by atoms with Crippen LogP contribution < -0.4 is 10.2 Å². The number of anilines is 1. The van der Waals surface area contributed by atoms with E-state index in [0.29, 0.717) is 26.9 Å². The molecule has 0 bridgehead atoms. The summed E-state index contributed by atoms with van der Waals surface area (Å²) in [5, 5.41) is 2.88. The number of urea groups is 1. The second-order valence-corrected chi connectivity index (χ2v) is 5.76. The van der Waals surface area contributed by atoms with Crippen molar-refractivity contribution in [2.45, 2.75) is 0 Å². The summed E-state index contributed by atoms with van der Waals surface area (Å²) in [4.78, 5) is 36.5. The molecule has 1 aliphatic heterocycles. The molecule has 116 valence electrons. The van der Waals surface area contributed by atoms with Crippen molar-refractivity contribution in [2.24, 2.45) is 0 Å². The third-order valence-electron chi connectivity index (χ3n) is 3.42. The number of amides is 3. The molecule has 5 nitrogen and oxygen atoms in total. The van der Waals surface area contributed by atoms with E-state index in [1.54, 1.807) is 36.4 Å². The summed E-state index contributed by atoms with van der Waals surface area (Å²) in [6.45, 7) is -0.0289. The molecule has 1 fully saturated rings. The highest BCUT2D eigenvalue weighted by atomic mass is 35.5. The van der Waals surface area contributed by atoms with E-state index in [1.807, 2.05) is 0 Å². The lowest BCUT2D eigenvalue weighted by Gasteiger charge is -2.13. The highest BCUT2D eigenvalue weighted by Crippen LogP contribution is 2.25. The van der Waals surface area contributed by atoms with E-state index in [0.717, 1.165) is 0 Å². The van der Waals surface area contributed by atoms with Gasteiger partial charge in [-0.05, 0) is 42.5 Å². The van der Waals surface area contributed by atoms with Gasteiger partial charge in [0.25, 0.3) is 0 Å². The summed E-state index contributed by atoms with van der Waals surface area (Å²) in [6, 6.07) is 10.6. The molecule has 1 aliphatic rings. The van der Waals surface area contributed by atoms with E-state index in [-0.39, 0.29) is 18.2 Å². The third kappa shape index (κ3) is 3.06. The fraction of sp³-hybridized carbons (Fsp3) is 0.0625. The SMILES string of the molecule is O=C1CN(c2ccc(C(=O)c3ccc(Cl)c(Cl)c3)cc2)C(=O)N1. The minimum Gasteiger partial charge on any atom is -0.289 e. The topological polar surface area (TPSA) is 66.5 Å². The number of hydrogen-bond acceptors (Lipinski definition) is 3. The zero-order chi connectivity index (χ0) is 16.6. The van der Waals surface area contributed by atoms with Crippen LogP contribution in [0.1, 0.15) is 15.9 Å². The van der Waals surface area contributed by atoms with E-state index in [9.17, 15) is 14.4 Å². The van der Waals surface area contributed by atoms with Crippen LogP contribution >= 0.6 is 23.2 Å². The minimum absolute atomic E-state index is 0.0289. The first-order chi connectivity index (χ1) is 11.0. The predicted molar refractivity (Wildman–Crippen MR) is 87.2 cm³/mol. The van der Waals surface area contributed by atoms with E-state index in [2.05, 4.69) is 5.32 Å². The summed E-state index contributed by atoms with van der Waals surface area (Å²) in [6.07, 6.45) is 0. The summed E-state index contributed by atoms with van der Waals surface area (Å²) in [5.41, 5.74) is 1.40. The number of nitrogens with zero attached hydrogens (tertiary/aromatic N) is 1. The van der Waals surface area contributed by atoms with Gasteiger partial charge in [0.05, 0.1) is 10.0 Å². The third-order valence-corrected chi connectivity index (χ3v) is 4.16. The molecule has 1 N–H and O–H groups in total. The molecule has 0 saturated carbocycles. The van der Waals surface area contributed by atoms with Crippen molar-refractivity contribution >= 4 is 46.6 Å². The molecule has 0 unspecified atom stereocenters. The molecule has 2 aromatic carbocycles. The number of benzene rings is 2. The van der Waals surface area contributed by atoms with Crippen LogP contribution in [0, 0.1) is 0 Å². The van der Waals surface area contributed by atoms with Gasteiger partial charge in [0.1, 0.15) is 6.54 Å². The lowest BCUT2D eigenvalue weighted by Crippen LogP contribution is -2.27. The van der Waals surface area contributed by atoms with Crippen LogP contribution in [0.3, 0.4) is 0 Å². The first-order valence-corrected chi connectivity index (χ1v) is 7.42. The molecule has 7 heteroatoms. The van der Waals surface area contributed by atoms with E-state index < -0.39 is 6.03 Å². The van der Waals surface area contributed by atoms with Crippen molar-refractivity contribution in [3.8, 4) is 0 Å². The Kier molecular flexibility index (Phi) is 4.07. The average molecular weight is 349 g/mol. The van der Waals surface area contributed by atoms with Gasteiger partial charge in [0.15, 0.2) is 5.78 Å². The Bertz CT molecular complexity index is 819. The van der Waals surface area contributed by atoms with Crippen LogP contribution in [0.15, 0.2) is 42.5 Å². The van der Waals surface area contributed by atoms with Gasteiger partial charge in [-0.25, -0.2) is 4.79 Å². The number of rotatable bonds is 3. The Morgan fingerprint density at radius 3 is 2.17 bits per heavy atom. The van der Waals surface area contributed by atoms with Crippen LogP contribution in [0.25, 0.3) is 0 Å². The molecular weight excluding hydrogens is 339 g/mol. The van der Waals surface area contributed by atoms with Crippen LogP contribution in [-0.4, -0.2) is 24.3 Å². The Morgan fingerprint density at radius 1 is 0.957 bits per heavy atom. The van der Waals surface area contributed by atoms with Gasteiger partial charge < -0.3 is 0 Å². The van der Waals surface area contributed by atoms with Gasteiger partial charge in [-0.3, -0.25) is 19.8 Å². The molecule has 0 radical (unpaired) electrons. The summed E-state index contributed by atoms with van der Waals surface area (Å²) < 4.78 is 0. The maximum Gasteiger partial charge on any atom is 0.329 e. The largest absolute Gasteiger partial charge is 0.329 e. The smallest absolute Gasteiger partial charge is 0.289 e. The van der Waals surface area contributed by atoms with Crippen molar-refractivity contribution in [3.63, 3.8) is 0 Å². The first-order valence-electron chi connectivity index (χ1n) is 6.67. The van der Waals surface area contributed by atoms with Crippen molar-refractivity contribution in [3.05, 3.63) is 63.6 Å². The number of carbonyl (C=O) groups excluding carboxylic acids is 3. The maximum atomic E-state index is 12.4. The Labute approximate surface area is 141 Å². The molecule has 2 aromatic rings. The number of carbonyl (C=O) groups is 3. The molecule has 3 rings (SSSR count). The lowest BCUT2D eigenvalue weighted by atomic mass is 10.0. The van der Waals surface area contributed by atoms with Crippen molar-refractivity contribution in [2.75, 3.05) is 11.4 Å². The van der Waals surface area contributed by atoms with Crippen LogP contribution in [0.4, 0.5) is 10.5 Å². The van der Waals surface area contributed by atoms with Crippen molar-refractivity contribution in [1.29, 1.82) is 0 Å². The van der Waals surface area contributed by atoms with Crippen molar-refractivity contribution < 1.29 is 14.4 Å². The van der Waals surface area contributed by atoms with Gasteiger partial charge in [-0.1, -0.05) is 23.2 Å². The number of hydrogen-bond donors (Lipinski definition) is 1.